The minimum atomic E-state index is 0.164. The van der Waals surface area contributed by atoms with Gasteiger partial charge >= 0.3 is 0 Å². The fraction of sp³-hybridized carbons (Fsp3) is 0.786. The van der Waals surface area contributed by atoms with Crippen LogP contribution in [0.1, 0.15) is 64.6 Å². The summed E-state index contributed by atoms with van der Waals surface area (Å²) in [7, 11) is 0. The van der Waals surface area contributed by atoms with Gasteiger partial charge in [0.15, 0.2) is 0 Å². The predicted octanol–water partition coefficient (Wildman–Crippen LogP) is 3.82. The molecule has 1 fully saturated rings. The third-order valence-corrected chi connectivity index (χ3v) is 4.50. The third kappa shape index (κ3) is 2.55. The molecule has 1 saturated carbocycles. The van der Waals surface area contributed by atoms with Crippen molar-refractivity contribution in [2.45, 2.75) is 70.9 Å². The van der Waals surface area contributed by atoms with Crippen molar-refractivity contribution in [3.63, 3.8) is 0 Å². The molecule has 1 aliphatic carbocycles. The second-order valence-corrected chi connectivity index (χ2v) is 7.38. The van der Waals surface area contributed by atoms with E-state index < -0.39 is 0 Å². The zero-order valence-electron chi connectivity index (χ0n) is 11.6. The van der Waals surface area contributed by atoms with Crippen LogP contribution in [0.3, 0.4) is 0 Å². The summed E-state index contributed by atoms with van der Waals surface area (Å²) in [6.45, 7) is 11.1. The van der Waals surface area contributed by atoms with E-state index in [4.69, 9.17) is 4.98 Å². The van der Waals surface area contributed by atoms with Crippen molar-refractivity contribution in [2.24, 2.45) is 0 Å². The molecule has 0 amide bonds. The SMILES string of the molecule is CC(C)NC1(c2nc(C(C)(C)C)cs2)CCC1. The average molecular weight is 252 g/mol. The summed E-state index contributed by atoms with van der Waals surface area (Å²) in [5.74, 6) is 0. The highest BCUT2D eigenvalue weighted by atomic mass is 32.1. The maximum absolute atomic E-state index is 4.88. The van der Waals surface area contributed by atoms with Crippen LogP contribution in [0.4, 0.5) is 0 Å². The van der Waals surface area contributed by atoms with Crippen molar-refractivity contribution in [3.8, 4) is 0 Å². The van der Waals surface area contributed by atoms with Crippen LogP contribution in [0.5, 0.6) is 0 Å². The summed E-state index contributed by atoms with van der Waals surface area (Å²) in [6, 6.07) is 0.525. The Morgan fingerprint density at radius 2 is 2.00 bits per heavy atom. The molecule has 96 valence electrons. The maximum Gasteiger partial charge on any atom is 0.113 e. The van der Waals surface area contributed by atoms with Crippen LogP contribution in [0.25, 0.3) is 0 Å². The Morgan fingerprint density at radius 1 is 1.35 bits per heavy atom. The molecule has 0 aliphatic heterocycles. The fourth-order valence-corrected chi connectivity index (χ4v) is 3.61. The number of aromatic nitrogens is 1. The number of hydrogen-bond donors (Lipinski definition) is 1. The molecular weight excluding hydrogens is 228 g/mol. The molecule has 1 N–H and O–H groups in total. The highest BCUT2D eigenvalue weighted by Gasteiger charge is 2.41. The van der Waals surface area contributed by atoms with Gasteiger partial charge in [0.1, 0.15) is 5.01 Å². The first-order valence-electron chi connectivity index (χ1n) is 6.58. The normalized spacial score (nSPS) is 19.4. The fourth-order valence-electron chi connectivity index (χ4n) is 2.34. The average Bonchev–Trinajstić information content (AvgIpc) is 2.58. The molecule has 0 aromatic carbocycles. The monoisotopic (exact) mass is 252 g/mol. The Hall–Kier alpha value is -0.410. The van der Waals surface area contributed by atoms with E-state index in [1.807, 2.05) is 11.3 Å². The van der Waals surface area contributed by atoms with Crippen molar-refractivity contribution in [1.82, 2.24) is 10.3 Å². The molecule has 0 radical (unpaired) electrons. The lowest BCUT2D eigenvalue weighted by atomic mass is 9.76. The third-order valence-electron chi connectivity index (χ3n) is 3.45. The molecule has 2 nitrogen and oxygen atoms in total. The summed E-state index contributed by atoms with van der Waals surface area (Å²) < 4.78 is 0. The van der Waals surface area contributed by atoms with E-state index in [1.165, 1.54) is 30.0 Å². The van der Waals surface area contributed by atoms with E-state index in [0.717, 1.165) is 0 Å². The second kappa shape index (κ2) is 4.36. The number of nitrogens with zero attached hydrogens (tertiary/aromatic N) is 1. The summed E-state index contributed by atoms with van der Waals surface area (Å²) >= 11 is 1.83. The second-order valence-electron chi connectivity index (χ2n) is 6.52. The van der Waals surface area contributed by atoms with Crippen LogP contribution in [0.2, 0.25) is 0 Å². The Morgan fingerprint density at radius 3 is 2.35 bits per heavy atom. The van der Waals surface area contributed by atoms with Crippen LogP contribution in [-0.4, -0.2) is 11.0 Å². The van der Waals surface area contributed by atoms with E-state index in [-0.39, 0.29) is 11.0 Å². The molecule has 1 aromatic heterocycles. The summed E-state index contributed by atoms with van der Waals surface area (Å²) in [5.41, 5.74) is 1.58. The first-order chi connectivity index (χ1) is 7.83. The van der Waals surface area contributed by atoms with Crippen molar-refractivity contribution < 1.29 is 0 Å². The lowest BCUT2D eigenvalue weighted by molar-refractivity contribution is 0.170. The van der Waals surface area contributed by atoms with Gasteiger partial charge in [0, 0.05) is 16.8 Å². The minimum Gasteiger partial charge on any atom is -0.303 e. The molecule has 1 aliphatic rings. The highest BCUT2D eigenvalue weighted by Crippen LogP contribution is 2.43. The minimum absolute atomic E-state index is 0.164. The Labute approximate surface area is 109 Å². The molecule has 0 bridgehead atoms. The van der Waals surface area contributed by atoms with Crippen LogP contribution in [0.15, 0.2) is 5.38 Å². The van der Waals surface area contributed by atoms with Gasteiger partial charge in [-0.15, -0.1) is 11.3 Å². The highest BCUT2D eigenvalue weighted by molar-refractivity contribution is 7.09. The van der Waals surface area contributed by atoms with Gasteiger partial charge in [-0.2, -0.15) is 0 Å². The van der Waals surface area contributed by atoms with Crippen LogP contribution < -0.4 is 5.32 Å². The topological polar surface area (TPSA) is 24.9 Å². The van der Waals surface area contributed by atoms with Crippen molar-refractivity contribution in [3.05, 3.63) is 16.1 Å². The van der Waals surface area contributed by atoms with Crippen LogP contribution >= 0.6 is 11.3 Å². The summed E-state index contributed by atoms with van der Waals surface area (Å²) in [6.07, 6.45) is 3.80. The Kier molecular flexibility index (Phi) is 3.34. The Balaban J connectivity index is 2.23. The zero-order valence-corrected chi connectivity index (χ0v) is 12.4. The molecule has 1 heterocycles. The van der Waals surface area contributed by atoms with Gasteiger partial charge in [0.05, 0.1) is 11.2 Å². The number of rotatable bonds is 3. The number of nitrogens with one attached hydrogen (secondary N) is 1. The van der Waals surface area contributed by atoms with E-state index in [2.05, 4.69) is 45.3 Å². The van der Waals surface area contributed by atoms with E-state index >= 15 is 0 Å². The van der Waals surface area contributed by atoms with Gasteiger partial charge in [-0.25, -0.2) is 4.98 Å². The molecule has 1 aromatic rings. The van der Waals surface area contributed by atoms with Crippen molar-refractivity contribution in [2.75, 3.05) is 0 Å². The molecule has 0 saturated heterocycles. The Bertz CT molecular complexity index is 383. The van der Waals surface area contributed by atoms with E-state index in [1.54, 1.807) is 0 Å². The zero-order chi connectivity index (χ0) is 12.7. The molecule has 2 rings (SSSR count). The van der Waals surface area contributed by atoms with Gasteiger partial charge in [-0.1, -0.05) is 20.8 Å². The summed E-state index contributed by atoms with van der Waals surface area (Å²) in [4.78, 5) is 4.88. The lowest BCUT2D eigenvalue weighted by Crippen LogP contribution is -2.50. The maximum atomic E-state index is 4.88. The van der Waals surface area contributed by atoms with E-state index in [9.17, 15) is 0 Å². The smallest absolute Gasteiger partial charge is 0.113 e. The first kappa shape index (κ1) is 13.0. The predicted molar refractivity (Wildman–Crippen MR) is 74.6 cm³/mol. The molecule has 3 heteroatoms. The van der Waals surface area contributed by atoms with Gasteiger partial charge in [-0.3, -0.25) is 0 Å². The van der Waals surface area contributed by atoms with Crippen molar-refractivity contribution in [1.29, 1.82) is 0 Å². The molecule has 0 atom stereocenters. The van der Waals surface area contributed by atoms with E-state index in [0.29, 0.717) is 6.04 Å². The van der Waals surface area contributed by atoms with Crippen LogP contribution in [0, 0.1) is 0 Å². The van der Waals surface area contributed by atoms with Gasteiger partial charge in [0.2, 0.25) is 0 Å². The van der Waals surface area contributed by atoms with Crippen molar-refractivity contribution >= 4 is 11.3 Å². The molecule has 17 heavy (non-hydrogen) atoms. The first-order valence-corrected chi connectivity index (χ1v) is 7.46. The molecular formula is C14H24N2S. The standard InChI is InChI=1S/C14H24N2S/c1-10(2)16-14(7-6-8-14)12-15-11(9-17-12)13(3,4)5/h9-10,16H,6-8H2,1-5H3. The molecule has 0 unspecified atom stereocenters. The molecule has 0 spiro atoms. The quantitative estimate of drug-likeness (QED) is 0.884. The lowest BCUT2D eigenvalue weighted by Gasteiger charge is -2.42. The number of thiazole rings is 1. The number of hydrogen-bond acceptors (Lipinski definition) is 3. The summed E-state index contributed by atoms with van der Waals surface area (Å²) in [5, 5.41) is 7.25. The van der Waals surface area contributed by atoms with Gasteiger partial charge in [0.25, 0.3) is 0 Å². The van der Waals surface area contributed by atoms with Crippen LogP contribution in [-0.2, 0) is 11.0 Å². The largest absolute Gasteiger partial charge is 0.303 e. The van der Waals surface area contributed by atoms with Gasteiger partial charge in [-0.05, 0) is 33.1 Å². The van der Waals surface area contributed by atoms with Gasteiger partial charge < -0.3 is 5.32 Å².